The molecule has 0 amide bonds. The first-order valence-electron chi connectivity index (χ1n) is 5.65. The molecule has 5 heteroatoms. The van der Waals surface area contributed by atoms with Crippen LogP contribution in [-0.4, -0.2) is 23.7 Å². The molecule has 18 heavy (non-hydrogen) atoms. The van der Waals surface area contributed by atoms with Crippen molar-refractivity contribution in [3.8, 4) is 0 Å². The average molecular weight is 315 g/mol. The summed E-state index contributed by atoms with van der Waals surface area (Å²) < 4.78 is 4.95. The normalized spacial score (nSPS) is 10.1. The summed E-state index contributed by atoms with van der Waals surface area (Å²) in [7, 11) is 0. The summed E-state index contributed by atoms with van der Waals surface area (Å²) in [5.41, 5.74) is 2.24. The van der Waals surface area contributed by atoms with Gasteiger partial charge in [-0.1, -0.05) is 28.1 Å². The first-order chi connectivity index (χ1) is 8.58. The molecule has 0 saturated carbocycles. The number of aliphatic carboxylic acids is 1. The second-order valence-corrected chi connectivity index (χ2v) is 4.30. The molecule has 0 aliphatic heterocycles. The van der Waals surface area contributed by atoms with E-state index in [1.165, 1.54) is 0 Å². The lowest BCUT2D eigenvalue weighted by molar-refractivity contribution is -0.136. The molecule has 0 unspecified atom stereocenters. The Labute approximate surface area is 114 Å². The summed E-state index contributed by atoms with van der Waals surface area (Å²) in [6.07, 6.45) is 0.541. The Morgan fingerprint density at radius 3 is 2.67 bits per heavy atom. The lowest BCUT2D eigenvalue weighted by Crippen LogP contribution is -2.08. The second-order valence-electron chi connectivity index (χ2n) is 3.74. The first kappa shape index (κ1) is 14.7. The third-order valence-electron chi connectivity index (χ3n) is 2.44. The Balaban J connectivity index is 2.89. The van der Waals surface area contributed by atoms with Crippen LogP contribution in [0.4, 0.5) is 0 Å². The molecule has 0 atom stereocenters. The van der Waals surface area contributed by atoms with Gasteiger partial charge in [0, 0.05) is 11.8 Å². The summed E-state index contributed by atoms with van der Waals surface area (Å²) in [5, 5.41) is 9.16. The van der Waals surface area contributed by atoms with Crippen LogP contribution in [0.25, 0.3) is 0 Å². The summed E-state index contributed by atoms with van der Waals surface area (Å²) in [5.74, 6) is -1.18. The van der Waals surface area contributed by atoms with Crippen molar-refractivity contribution in [2.24, 2.45) is 0 Å². The number of hydrogen-bond acceptors (Lipinski definition) is 3. The van der Waals surface area contributed by atoms with Crippen molar-refractivity contribution < 1.29 is 19.4 Å². The van der Waals surface area contributed by atoms with Gasteiger partial charge in [-0.3, -0.25) is 4.79 Å². The topological polar surface area (TPSA) is 63.6 Å². The molecular weight excluding hydrogens is 300 g/mol. The summed E-state index contributed by atoms with van der Waals surface area (Å²) >= 11 is 3.32. The van der Waals surface area contributed by atoms with Crippen molar-refractivity contribution in [3.05, 3.63) is 34.9 Å². The van der Waals surface area contributed by atoms with Crippen LogP contribution in [-0.2, 0) is 21.3 Å². The van der Waals surface area contributed by atoms with E-state index in [4.69, 9.17) is 9.84 Å². The van der Waals surface area contributed by atoms with Crippen LogP contribution >= 0.6 is 15.9 Å². The van der Waals surface area contributed by atoms with Crippen LogP contribution in [0, 0.1) is 0 Å². The molecule has 0 bridgehead atoms. The molecule has 1 aromatic rings. The molecule has 1 N–H and O–H groups in total. The molecule has 4 nitrogen and oxygen atoms in total. The van der Waals surface area contributed by atoms with Gasteiger partial charge in [-0.25, -0.2) is 4.79 Å². The minimum absolute atomic E-state index is 0.0838. The molecule has 0 fully saturated rings. The predicted molar refractivity (Wildman–Crippen MR) is 71.0 cm³/mol. The van der Waals surface area contributed by atoms with Crippen LogP contribution in [0.3, 0.4) is 0 Å². The Morgan fingerprint density at radius 1 is 1.39 bits per heavy atom. The number of hydrogen-bond donors (Lipinski definition) is 1. The number of ether oxygens (including phenoxy) is 1. The van der Waals surface area contributed by atoms with Crippen LogP contribution in [0.2, 0.25) is 0 Å². The number of halogens is 1. The maximum Gasteiger partial charge on any atom is 0.338 e. The van der Waals surface area contributed by atoms with Crippen LogP contribution < -0.4 is 0 Å². The smallest absolute Gasteiger partial charge is 0.338 e. The van der Waals surface area contributed by atoms with Crippen molar-refractivity contribution in [2.75, 3.05) is 6.61 Å². The van der Waals surface area contributed by atoms with Crippen molar-refractivity contribution in [2.45, 2.75) is 25.1 Å². The lowest BCUT2D eigenvalue weighted by atomic mass is 10.0. The van der Waals surface area contributed by atoms with Gasteiger partial charge >= 0.3 is 11.9 Å². The van der Waals surface area contributed by atoms with Gasteiger partial charge in [0.15, 0.2) is 0 Å². The highest BCUT2D eigenvalue weighted by Crippen LogP contribution is 2.17. The highest BCUT2D eigenvalue weighted by molar-refractivity contribution is 9.08. The number of carbonyl (C=O) groups excluding carboxylic acids is 1. The van der Waals surface area contributed by atoms with Crippen molar-refractivity contribution in [1.29, 1.82) is 0 Å². The molecule has 0 aliphatic carbocycles. The Bertz CT molecular complexity index is 443. The van der Waals surface area contributed by atoms with Crippen molar-refractivity contribution >= 4 is 27.9 Å². The van der Waals surface area contributed by atoms with Gasteiger partial charge in [-0.2, -0.15) is 0 Å². The molecule has 0 saturated heterocycles. The third-order valence-corrected chi connectivity index (χ3v) is 3.04. The maximum atomic E-state index is 11.7. The number of rotatable bonds is 6. The maximum absolute atomic E-state index is 11.7. The largest absolute Gasteiger partial charge is 0.481 e. The lowest BCUT2D eigenvalue weighted by Gasteiger charge is -2.08. The minimum atomic E-state index is -0.829. The minimum Gasteiger partial charge on any atom is -0.481 e. The van der Waals surface area contributed by atoms with Gasteiger partial charge in [0.1, 0.15) is 0 Å². The van der Waals surface area contributed by atoms with Crippen molar-refractivity contribution in [1.82, 2.24) is 0 Å². The van der Waals surface area contributed by atoms with Crippen molar-refractivity contribution in [3.63, 3.8) is 0 Å². The SMILES string of the molecule is CCOC(=O)c1ccc(CCC(=O)O)cc1CBr. The number of esters is 1. The quantitative estimate of drug-likeness (QED) is 0.648. The highest BCUT2D eigenvalue weighted by atomic mass is 79.9. The van der Waals surface area contributed by atoms with Crippen LogP contribution in [0.5, 0.6) is 0 Å². The monoisotopic (exact) mass is 314 g/mol. The number of carboxylic acid groups (broad SMARTS) is 1. The van der Waals surface area contributed by atoms with Gasteiger partial charge in [-0.05, 0) is 30.5 Å². The molecule has 0 aromatic heterocycles. The molecule has 0 spiro atoms. The zero-order chi connectivity index (χ0) is 13.5. The molecule has 0 aliphatic rings. The molecule has 98 valence electrons. The third kappa shape index (κ3) is 4.14. The zero-order valence-corrected chi connectivity index (χ0v) is 11.7. The van der Waals surface area contributed by atoms with E-state index in [2.05, 4.69) is 15.9 Å². The summed E-state index contributed by atoms with van der Waals surface area (Å²) in [6.45, 7) is 2.09. The number of carboxylic acids is 1. The number of benzene rings is 1. The highest BCUT2D eigenvalue weighted by Gasteiger charge is 2.12. The van der Waals surface area contributed by atoms with E-state index in [1.807, 2.05) is 6.07 Å². The van der Waals surface area contributed by atoms with Crippen LogP contribution in [0.1, 0.15) is 34.8 Å². The molecule has 1 aromatic carbocycles. The van der Waals surface area contributed by atoms with Crippen LogP contribution in [0.15, 0.2) is 18.2 Å². The first-order valence-corrected chi connectivity index (χ1v) is 6.77. The summed E-state index contributed by atoms with van der Waals surface area (Å²) in [6, 6.07) is 5.29. The van der Waals surface area contributed by atoms with E-state index >= 15 is 0 Å². The Kier molecular flexibility index (Phi) is 5.85. The van der Waals surface area contributed by atoms with Gasteiger partial charge in [0.05, 0.1) is 12.2 Å². The Morgan fingerprint density at radius 2 is 2.11 bits per heavy atom. The van der Waals surface area contributed by atoms with E-state index in [-0.39, 0.29) is 12.4 Å². The van der Waals surface area contributed by atoms with Gasteiger partial charge in [0.25, 0.3) is 0 Å². The van der Waals surface area contributed by atoms with E-state index in [0.717, 1.165) is 11.1 Å². The fourth-order valence-electron chi connectivity index (χ4n) is 1.57. The fourth-order valence-corrected chi connectivity index (χ4v) is 2.04. The summed E-state index contributed by atoms with van der Waals surface area (Å²) in [4.78, 5) is 22.2. The number of carbonyl (C=O) groups is 2. The van der Waals surface area contributed by atoms with E-state index in [1.54, 1.807) is 19.1 Å². The standard InChI is InChI=1S/C13H15BrO4/c1-2-18-13(17)11-5-3-9(4-6-12(15)16)7-10(11)8-14/h3,5,7H,2,4,6,8H2,1H3,(H,15,16). The molecular formula is C13H15BrO4. The van der Waals surface area contributed by atoms with E-state index < -0.39 is 5.97 Å². The molecule has 0 heterocycles. The zero-order valence-electron chi connectivity index (χ0n) is 10.1. The number of aryl methyl sites for hydroxylation is 1. The molecule has 1 rings (SSSR count). The molecule has 0 radical (unpaired) electrons. The van der Waals surface area contributed by atoms with E-state index in [9.17, 15) is 9.59 Å². The average Bonchev–Trinajstić information content (AvgIpc) is 2.36. The fraction of sp³-hybridized carbons (Fsp3) is 0.385. The number of alkyl halides is 1. The van der Waals surface area contributed by atoms with Gasteiger partial charge in [0.2, 0.25) is 0 Å². The second kappa shape index (κ2) is 7.16. The van der Waals surface area contributed by atoms with Gasteiger partial charge < -0.3 is 9.84 Å². The Hall–Kier alpha value is -1.36. The van der Waals surface area contributed by atoms with E-state index in [0.29, 0.717) is 23.9 Å². The predicted octanol–water partition coefficient (Wildman–Crippen LogP) is 2.78. The van der Waals surface area contributed by atoms with Gasteiger partial charge in [-0.15, -0.1) is 0 Å².